The Labute approximate surface area is 156 Å². The van der Waals surface area contributed by atoms with Crippen LogP contribution in [-0.2, 0) is 9.59 Å². The Morgan fingerprint density at radius 1 is 0.769 bits per heavy atom. The largest absolute Gasteiger partial charge is 0.326 e. The van der Waals surface area contributed by atoms with Crippen LogP contribution >= 0.6 is 0 Å². The first-order valence-electron chi connectivity index (χ1n) is 9.10. The molecule has 2 aromatic carbocycles. The van der Waals surface area contributed by atoms with Gasteiger partial charge in [0, 0.05) is 24.2 Å². The Morgan fingerprint density at radius 3 is 1.62 bits per heavy atom. The van der Waals surface area contributed by atoms with Crippen molar-refractivity contribution in [1.29, 1.82) is 0 Å². The Hall–Kier alpha value is -2.62. The van der Waals surface area contributed by atoms with Gasteiger partial charge in [-0.2, -0.15) is 0 Å². The molecule has 0 saturated heterocycles. The van der Waals surface area contributed by atoms with E-state index in [2.05, 4.69) is 24.5 Å². The van der Waals surface area contributed by atoms with E-state index >= 15 is 0 Å². The Morgan fingerprint density at radius 2 is 1.19 bits per heavy atom. The van der Waals surface area contributed by atoms with Crippen molar-refractivity contribution in [3.05, 3.63) is 59.7 Å². The van der Waals surface area contributed by atoms with Crippen molar-refractivity contribution in [2.75, 3.05) is 10.6 Å². The van der Waals surface area contributed by atoms with E-state index in [9.17, 15) is 9.59 Å². The molecule has 0 radical (unpaired) electrons. The van der Waals surface area contributed by atoms with Gasteiger partial charge in [0.05, 0.1) is 0 Å². The number of hydrogen-bond acceptors (Lipinski definition) is 2. The van der Waals surface area contributed by atoms with Gasteiger partial charge in [0.25, 0.3) is 0 Å². The van der Waals surface area contributed by atoms with Gasteiger partial charge in [-0.05, 0) is 48.6 Å². The minimum Gasteiger partial charge on any atom is -0.326 e. The van der Waals surface area contributed by atoms with Crippen molar-refractivity contribution < 1.29 is 9.59 Å². The highest BCUT2D eigenvalue weighted by molar-refractivity contribution is 5.93. The Balaban J connectivity index is 1.78. The Bertz CT molecular complexity index is 734. The molecule has 0 aliphatic heterocycles. The molecule has 26 heavy (non-hydrogen) atoms. The molecule has 0 aliphatic carbocycles. The molecule has 0 bridgehead atoms. The first-order valence-corrected chi connectivity index (χ1v) is 9.10. The summed E-state index contributed by atoms with van der Waals surface area (Å²) in [6.07, 6.45) is 0.626. The van der Waals surface area contributed by atoms with Gasteiger partial charge >= 0.3 is 0 Å². The summed E-state index contributed by atoms with van der Waals surface area (Å²) in [5, 5.41) is 5.77. The van der Waals surface area contributed by atoms with Crippen LogP contribution in [0.3, 0.4) is 0 Å². The number of carbonyl (C=O) groups is 2. The highest BCUT2D eigenvalue weighted by Gasteiger charge is 2.14. The first-order chi connectivity index (χ1) is 12.3. The van der Waals surface area contributed by atoms with Gasteiger partial charge in [-0.3, -0.25) is 9.59 Å². The van der Waals surface area contributed by atoms with Crippen LogP contribution in [0.5, 0.6) is 0 Å². The first kappa shape index (κ1) is 19.7. The van der Waals surface area contributed by atoms with Crippen LogP contribution in [-0.4, -0.2) is 11.8 Å². The molecule has 0 aromatic heterocycles. The van der Waals surface area contributed by atoms with E-state index < -0.39 is 0 Å². The SMILES string of the molecule is Cc1ccc(NC(=O)C[C@H](C)CC(=O)Nc2ccc(C(C)C)cc2)cc1. The third-order valence-electron chi connectivity index (χ3n) is 4.26. The van der Waals surface area contributed by atoms with E-state index in [4.69, 9.17) is 0 Å². The fourth-order valence-corrected chi connectivity index (χ4v) is 2.72. The summed E-state index contributed by atoms with van der Waals surface area (Å²) in [6.45, 7) is 8.19. The highest BCUT2D eigenvalue weighted by atomic mass is 16.2. The summed E-state index contributed by atoms with van der Waals surface area (Å²) in [7, 11) is 0. The number of benzene rings is 2. The molecule has 2 rings (SSSR count). The predicted molar refractivity (Wildman–Crippen MR) is 107 cm³/mol. The molecule has 138 valence electrons. The van der Waals surface area contributed by atoms with Crippen molar-refractivity contribution in [2.24, 2.45) is 5.92 Å². The number of aryl methyl sites for hydroxylation is 1. The standard InChI is InChI=1S/C22H28N2O2/c1-15(2)18-7-11-20(12-8-18)24-22(26)14-17(4)13-21(25)23-19-9-5-16(3)6-10-19/h5-12,15,17H,13-14H2,1-4H3,(H,23,25)(H,24,26)/t17-/m0/s1. The summed E-state index contributed by atoms with van der Waals surface area (Å²) in [4.78, 5) is 24.3. The van der Waals surface area contributed by atoms with Gasteiger partial charge in [0.2, 0.25) is 11.8 Å². The van der Waals surface area contributed by atoms with Crippen LogP contribution in [0, 0.1) is 12.8 Å². The van der Waals surface area contributed by atoms with E-state index in [0.717, 1.165) is 16.9 Å². The molecule has 0 spiro atoms. The number of anilines is 2. The van der Waals surface area contributed by atoms with Gasteiger partial charge in [-0.1, -0.05) is 50.6 Å². The van der Waals surface area contributed by atoms with Crippen molar-refractivity contribution >= 4 is 23.2 Å². The average Bonchev–Trinajstić information content (AvgIpc) is 2.57. The van der Waals surface area contributed by atoms with Gasteiger partial charge in [0.15, 0.2) is 0 Å². The topological polar surface area (TPSA) is 58.2 Å². The van der Waals surface area contributed by atoms with Crippen molar-refractivity contribution in [2.45, 2.75) is 46.5 Å². The maximum atomic E-state index is 12.2. The molecule has 0 fully saturated rings. The smallest absolute Gasteiger partial charge is 0.224 e. The van der Waals surface area contributed by atoms with Crippen LogP contribution in [0.2, 0.25) is 0 Å². The number of carbonyl (C=O) groups excluding carboxylic acids is 2. The molecule has 0 unspecified atom stereocenters. The maximum Gasteiger partial charge on any atom is 0.224 e. The van der Waals surface area contributed by atoms with E-state index in [1.807, 2.05) is 62.4 Å². The van der Waals surface area contributed by atoms with Crippen LogP contribution < -0.4 is 10.6 Å². The fourth-order valence-electron chi connectivity index (χ4n) is 2.72. The third-order valence-corrected chi connectivity index (χ3v) is 4.26. The lowest BCUT2D eigenvalue weighted by Crippen LogP contribution is -2.20. The second-order valence-electron chi connectivity index (χ2n) is 7.25. The van der Waals surface area contributed by atoms with E-state index in [-0.39, 0.29) is 17.7 Å². The van der Waals surface area contributed by atoms with Crippen LogP contribution in [0.25, 0.3) is 0 Å². The predicted octanol–water partition coefficient (Wildman–Crippen LogP) is 5.11. The van der Waals surface area contributed by atoms with Crippen LogP contribution in [0.4, 0.5) is 11.4 Å². The molecule has 0 aliphatic rings. The molecule has 2 aromatic rings. The fraction of sp³-hybridized carbons (Fsp3) is 0.364. The number of nitrogens with one attached hydrogen (secondary N) is 2. The molecular weight excluding hydrogens is 324 g/mol. The van der Waals surface area contributed by atoms with Crippen molar-refractivity contribution in [3.63, 3.8) is 0 Å². The quantitative estimate of drug-likeness (QED) is 0.727. The second kappa shape index (κ2) is 9.18. The van der Waals surface area contributed by atoms with Gasteiger partial charge in [-0.25, -0.2) is 0 Å². The maximum absolute atomic E-state index is 12.2. The van der Waals surface area contributed by atoms with Crippen LogP contribution in [0.1, 0.15) is 50.7 Å². The molecular formula is C22H28N2O2. The number of amides is 2. The summed E-state index contributed by atoms with van der Waals surface area (Å²) >= 11 is 0. The number of rotatable bonds is 7. The highest BCUT2D eigenvalue weighted by Crippen LogP contribution is 2.18. The molecule has 0 heterocycles. The summed E-state index contributed by atoms with van der Waals surface area (Å²) in [5.74, 6) is 0.288. The van der Waals surface area contributed by atoms with E-state index in [1.165, 1.54) is 5.56 Å². The number of hydrogen-bond donors (Lipinski definition) is 2. The molecule has 4 heteroatoms. The van der Waals surface area contributed by atoms with Crippen molar-refractivity contribution in [1.82, 2.24) is 0 Å². The molecule has 2 amide bonds. The zero-order valence-corrected chi connectivity index (χ0v) is 16.0. The average molecular weight is 352 g/mol. The lowest BCUT2D eigenvalue weighted by molar-refractivity contribution is -0.118. The summed E-state index contributed by atoms with van der Waals surface area (Å²) < 4.78 is 0. The van der Waals surface area contributed by atoms with Gasteiger partial charge < -0.3 is 10.6 Å². The molecule has 0 saturated carbocycles. The van der Waals surface area contributed by atoms with Gasteiger partial charge in [-0.15, -0.1) is 0 Å². The zero-order valence-electron chi connectivity index (χ0n) is 16.0. The molecule has 2 N–H and O–H groups in total. The lowest BCUT2D eigenvalue weighted by atomic mass is 10.0. The van der Waals surface area contributed by atoms with Crippen LogP contribution in [0.15, 0.2) is 48.5 Å². The normalized spacial score (nSPS) is 11.9. The minimum atomic E-state index is -0.0737. The third kappa shape index (κ3) is 6.36. The molecule has 1 atom stereocenters. The second-order valence-corrected chi connectivity index (χ2v) is 7.25. The molecule has 4 nitrogen and oxygen atoms in total. The minimum absolute atomic E-state index is 0.0321. The summed E-state index contributed by atoms with van der Waals surface area (Å²) in [6, 6.07) is 15.6. The Kier molecular flexibility index (Phi) is 6.96. The zero-order chi connectivity index (χ0) is 19.1. The van der Waals surface area contributed by atoms with Crippen molar-refractivity contribution in [3.8, 4) is 0 Å². The summed E-state index contributed by atoms with van der Waals surface area (Å²) in [5.41, 5.74) is 3.96. The van der Waals surface area contributed by atoms with E-state index in [0.29, 0.717) is 18.8 Å². The van der Waals surface area contributed by atoms with E-state index in [1.54, 1.807) is 0 Å². The lowest BCUT2D eigenvalue weighted by Gasteiger charge is -2.13. The van der Waals surface area contributed by atoms with Gasteiger partial charge in [0.1, 0.15) is 0 Å². The monoisotopic (exact) mass is 352 g/mol.